The quantitative estimate of drug-likeness (QED) is 0.232. The highest BCUT2D eigenvalue weighted by Gasteiger charge is 2.27. The van der Waals surface area contributed by atoms with Crippen LogP contribution in [0.15, 0.2) is 12.5 Å². The zero-order valence-corrected chi connectivity index (χ0v) is 16.5. The van der Waals surface area contributed by atoms with Crippen molar-refractivity contribution in [1.82, 2.24) is 25.9 Å². The van der Waals surface area contributed by atoms with Crippen molar-refractivity contribution in [3.8, 4) is 0 Å². The van der Waals surface area contributed by atoms with Gasteiger partial charge in [-0.25, -0.2) is 4.98 Å². The molecule has 0 saturated carbocycles. The van der Waals surface area contributed by atoms with Crippen molar-refractivity contribution in [1.29, 1.82) is 0 Å². The van der Waals surface area contributed by atoms with E-state index < -0.39 is 48.4 Å². The lowest BCUT2D eigenvalue weighted by atomic mass is 10.1. The first-order valence-electron chi connectivity index (χ1n) is 8.56. The third kappa shape index (κ3) is 8.39. The van der Waals surface area contributed by atoms with E-state index in [4.69, 9.17) is 10.8 Å². The number of aromatic nitrogens is 2. The Labute approximate surface area is 166 Å². The Hall–Kier alpha value is -2.60. The van der Waals surface area contributed by atoms with Crippen LogP contribution in [-0.4, -0.2) is 75.4 Å². The Morgan fingerprint density at radius 1 is 1.25 bits per heavy atom. The number of nitrogens with one attached hydrogen (secondary N) is 4. The van der Waals surface area contributed by atoms with E-state index in [1.54, 1.807) is 11.8 Å². The molecule has 0 aliphatic carbocycles. The fourth-order valence-electron chi connectivity index (χ4n) is 2.18. The number of carboxylic acids is 1. The van der Waals surface area contributed by atoms with Gasteiger partial charge in [-0.1, -0.05) is 0 Å². The maximum atomic E-state index is 12.6. The number of hydrogen-bond donors (Lipinski definition) is 6. The van der Waals surface area contributed by atoms with Gasteiger partial charge in [-0.05, 0) is 25.4 Å². The molecule has 1 heterocycles. The van der Waals surface area contributed by atoms with Crippen LogP contribution in [0.5, 0.6) is 0 Å². The Morgan fingerprint density at radius 2 is 1.96 bits per heavy atom. The normalized spacial score (nSPS) is 13.8. The Kier molecular flexibility index (Phi) is 10.0. The minimum atomic E-state index is -1.20. The second-order valence-electron chi connectivity index (χ2n) is 6.07. The molecule has 12 heteroatoms. The van der Waals surface area contributed by atoms with Gasteiger partial charge in [0.05, 0.1) is 12.4 Å². The zero-order valence-electron chi connectivity index (χ0n) is 15.7. The van der Waals surface area contributed by atoms with Gasteiger partial charge >= 0.3 is 5.97 Å². The summed E-state index contributed by atoms with van der Waals surface area (Å²) in [6.07, 6.45) is 5.44. The first kappa shape index (κ1) is 23.4. The lowest BCUT2D eigenvalue weighted by Crippen LogP contribution is -2.56. The minimum Gasteiger partial charge on any atom is -0.480 e. The predicted molar refractivity (Wildman–Crippen MR) is 103 cm³/mol. The van der Waals surface area contributed by atoms with E-state index in [1.165, 1.54) is 19.4 Å². The van der Waals surface area contributed by atoms with Crippen molar-refractivity contribution in [3.63, 3.8) is 0 Å². The smallest absolute Gasteiger partial charge is 0.322 e. The number of hydrogen-bond acceptors (Lipinski definition) is 7. The summed E-state index contributed by atoms with van der Waals surface area (Å²) in [6, 6.07) is -2.73. The van der Waals surface area contributed by atoms with Gasteiger partial charge < -0.3 is 31.8 Å². The van der Waals surface area contributed by atoms with Gasteiger partial charge in [-0.15, -0.1) is 0 Å². The Morgan fingerprint density at radius 3 is 2.54 bits per heavy atom. The summed E-state index contributed by atoms with van der Waals surface area (Å²) in [4.78, 5) is 54.0. The topological polar surface area (TPSA) is 179 Å². The van der Waals surface area contributed by atoms with Gasteiger partial charge in [0.15, 0.2) is 0 Å². The molecule has 7 N–H and O–H groups in total. The van der Waals surface area contributed by atoms with Crippen LogP contribution in [-0.2, 0) is 25.6 Å². The third-order valence-corrected chi connectivity index (χ3v) is 4.39. The molecule has 1 aromatic rings. The molecule has 0 aliphatic rings. The molecule has 11 nitrogen and oxygen atoms in total. The summed E-state index contributed by atoms with van der Waals surface area (Å²) in [5.41, 5.74) is 6.46. The molecule has 1 aromatic heterocycles. The highest BCUT2D eigenvalue weighted by Crippen LogP contribution is 2.03. The number of carbonyl (C=O) groups is 4. The molecule has 0 radical (unpaired) electrons. The van der Waals surface area contributed by atoms with E-state index in [2.05, 4.69) is 25.9 Å². The largest absolute Gasteiger partial charge is 0.480 e. The molecule has 156 valence electrons. The molecular formula is C16H26N6O5S. The van der Waals surface area contributed by atoms with Gasteiger partial charge in [0, 0.05) is 18.3 Å². The maximum Gasteiger partial charge on any atom is 0.322 e. The van der Waals surface area contributed by atoms with Gasteiger partial charge in [-0.3, -0.25) is 19.2 Å². The lowest BCUT2D eigenvalue weighted by Gasteiger charge is -2.22. The molecule has 0 fully saturated rings. The molecule has 28 heavy (non-hydrogen) atoms. The second kappa shape index (κ2) is 12.0. The predicted octanol–water partition coefficient (Wildman–Crippen LogP) is -1.78. The number of nitrogens with two attached hydrogens (primary N) is 1. The average molecular weight is 414 g/mol. The lowest BCUT2D eigenvalue weighted by molar-refractivity contribution is -0.138. The van der Waals surface area contributed by atoms with E-state index in [1.807, 2.05) is 6.26 Å². The number of amides is 3. The van der Waals surface area contributed by atoms with Crippen LogP contribution in [0, 0.1) is 0 Å². The summed E-state index contributed by atoms with van der Waals surface area (Å²) in [7, 11) is 0. The molecule has 0 spiro atoms. The summed E-state index contributed by atoms with van der Waals surface area (Å²) < 4.78 is 0. The molecule has 0 saturated heterocycles. The molecule has 0 bridgehead atoms. The molecule has 3 amide bonds. The molecule has 0 aromatic carbocycles. The summed E-state index contributed by atoms with van der Waals surface area (Å²) in [5, 5.41) is 15.8. The number of rotatable bonds is 12. The van der Waals surface area contributed by atoms with Gasteiger partial charge in [0.1, 0.15) is 18.6 Å². The summed E-state index contributed by atoms with van der Waals surface area (Å²) in [5.74, 6) is -2.23. The number of aromatic amines is 1. The van der Waals surface area contributed by atoms with Gasteiger partial charge in [0.2, 0.25) is 17.7 Å². The van der Waals surface area contributed by atoms with Crippen molar-refractivity contribution in [2.45, 2.75) is 37.9 Å². The summed E-state index contributed by atoms with van der Waals surface area (Å²) >= 11 is 1.56. The highest BCUT2D eigenvalue weighted by molar-refractivity contribution is 7.98. The number of imidazole rings is 1. The number of thioether (sulfide) groups is 1. The summed E-state index contributed by atoms with van der Waals surface area (Å²) in [6.45, 7) is 0.853. The fraction of sp³-hybridized carbons (Fsp3) is 0.562. The van der Waals surface area contributed by atoms with Crippen LogP contribution < -0.4 is 21.7 Å². The van der Waals surface area contributed by atoms with E-state index in [-0.39, 0.29) is 6.42 Å². The van der Waals surface area contributed by atoms with Crippen LogP contribution >= 0.6 is 11.8 Å². The molecular weight excluding hydrogens is 388 g/mol. The third-order valence-electron chi connectivity index (χ3n) is 3.75. The minimum absolute atomic E-state index is 0.121. The molecule has 3 atom stereocenters. The van der Waals surface area contributed by atoms with Crippen molar-refractivity contribution in [2.75, 3.05) is 18.6 Å². The van der Waals surface area contributed by atoms with Crippen LogP contribution in [0.3, 0.4) is 0 Å². The van der Waals surface area contributed by atoms with Crippen molar-refractivity contribution in [2.24, 2.45) is 5.73 Å². The number of aliphatic carboxylic acids is 1. The Bertz CT molecular complexity index is 668. The Balaban J connectivity index is 2.74. The zero-order chi connectivity index (χ0) is 21.1. The van der Waals surface area contributed by atoms with Crippen LogP contribution in [0.2, 0.25) is 0 Å². The molecule has 3 unspecified atom stereocenters. The van der Waals surface area contributed by atoms with Crippen LogP contribution in [0.1, 0.15) is 19.0 Å². The van der Waals surface area contributed by atoms with Crippen LogP contribution in [0.4, 0.5) is 0 Å². The van der Waals surface area contributed by atoms with E-state index in [0.29, 0.717) is 17.9 Å². The standard InChI is InChI=1S/C16H26N6O5S/c1-9(14(25)19-7-13(23)24)21-16(27)12(5-10-6-18-8-20-10)22-15(26)11(17)3-4-28-2/h6,8-9,11-12H,3-5,7,17H2,1-2H3,(H,18,20)(H,19,25)(H,21,27)(H,22,26)(H,23,24). The first-order chi connectivity index (χ1) is 13.2. The van der Waals surface area contributed by atoms with Crippen LogP contribution in [0.25, 0.3) is 0 Å². The maximum absolute atomic E-state index is 12.6. The monoisotopic (exact) mass is 414 g/mol. The van der Waals surface area contributed by atoms with Gasteiger partial charge in [-0.2, -0.15) is 11.8 Å². The number of carboxylic acid groups (broad SMARTS) is 1. The first-order valence-corrected chi connectivity index (χ1v) is 9.96. The number of carbonyl (C=O) groups excluding carboxylic acids is 3. The van der Waals surface area contributed by atoms with E-state index in [9.17, 15) is 19.2 Å². The van der Waals surface area contributed by atoms with Crippen molar-refractivity contribution >= 4 is 35.5 Å². The second-order valence-corrected chi connectivity index (χ2v) is 7.06. The van der Waals surface area contributed by atoms with E-state index in [0.717, 1.165) is 0 Å². The SMILES string of the molecule is CSCCC(N)C(=O)NC(Cc1cnc[nH]1)C(=O)NC(C)C(=O)NCC(=O)O. The molecule has 1 rings (SSSR count). The average Bonchev–Trinajstić information content (AvgIpc) is 3.16. The number of nitrogens with zero attached hydrogens (tertiary/aromatic N) is 1. The fourth-order valence-corrected chi connectivity index (χ4v) is 2.67. The van der Waals surface area contributed by atoms with Gasteiger partial charge in [0.25, 0.3) is 0 Å². The van der Waals surface area contributed by atoms with Crippen molar-refractivity contribution in [3.05, 3.63) is 18.2 Å². The molecule has 0 aliphatic heterocycles. The van der Waals surface area contributed by atoms with Crippen molar-refractivity contribution < 1.29 is 24.3 Å². The van der Waals surface area contributed by atoms with E-state index >= 15 is 0 Å². The number of H-pyrrole nitrogens is 1. The highest BCUT2D eigenvalue weighted by atomic mass is 32.2.